The van der Waals surface area contributed by atoms with Gasteiger partial charge >= 0.3 is 0 Å². The molecule has 0 spiro atoms. The third kappa shape index (κ3) is 2.04. The van der Waals surface area contributed by atoms with Gasteiger partial charge in [-0.3, -0.25) is 10.1 Å². The van der Waals surface area contributed by atoms with Gasteiger partial charge in [-0.1, -0.05) is 0 Å². The van der Waals surface area contributed by atoms with Crippen molar-refractivity contribution in [3.63, 3.8) is 0 Å². The Morgan fingerprint density at radius 1 is 1.44 bits per heavy atom. The summed E-state index contributed by atoms with van der Waals surface area (Å²) < 4.78 is 5.28. The van der Waals surface area contributed by atoms with Crippen molar-refractivity contribution in [1.82, 2.24) is 0 Å². The smallest absolute Gasteiger partial charge is 0.269 e. The van der Waals surface area contributed by atoms with Crippen LogP contribution in [0, 0.1) is 10.1 Å². The van der Waals surface area contributed by atoms with Gasteiger partial charge in [0.25, 0.3) is 5.69 Å². The highest BCUT2D eigenvalue weighted by Crippen LogP contribution is 2.32. The van der Waals surface area contributed by atoms with E-state index in [0.717, 1.165) is 5.56 Å². The number of benzene rings is 1. The van der Waals surface area contributed by atoms with E-state index in [4.69, 9.17) is 4.74 Å². The second kappa shape index (κ2) is 3.61. The van der Waals surface area contributed by atoms with E-state index in [1.54, 1.807) is 25.1 Å². The zero-order chi connectivity index (χ0) is 11.8. The average Bonchev–Trinajstić information content (AvgIpc) is 2.59. The minimum absolute atomic E-state index is 0.0362. The Hall–Kier alpha value is -1.88. The molecule has 0 amide bonds. The molecule has 0 aliphatic carbocycles. The largest absolute Gasteiger partial charge is 0.462 e. The molecule has 1 aliphatic heterocycles. The summed E-state index contributed by atoms with van der Waals surface area (Å²) in [5.74, 6) is -0.614. The molecule has 5 nitrogen and oxygen atoms in total. The van der Waals surface area contributed by atoms with Gasteiger partial charge in [0.15, 0.2) is 0 Å². The fourth-order valence-electron chi connectivity index (χ4n) is 1.53. The molecule has 1 aromatic carbocycles. The van der Waals surface area contributed by atoms with Crippen LogP contribution in [0.5, 0.6) is 0 Å². The normalized spacial score (nSPS) is 23.8. The molecule has 2 rings (SSSR count). The average molecular weight is 221 g/mol. The number of ether oxygens (including phenoxy) is 1. The van der Waals surface area contributed by atoms with Gasteiger partial charge in [-0.15, -0.1) is 0 Å². The van der Waals surface area contributed by atoms with Crippen LogP contribution in [0.2, 0.25) is 0 Å². The molecule has 0 fully saturated rings. The van der Waals surface area contributed by atoms with Crippen molar-refractivity contribution in [2.24, 2.45) is 0 Å². The van der Waals surface area contributed by atoms with Gasteiger partial charge in [0.05, 0.1) is 4.92 Å². The zero-order valence-electron chi connectivity index (χ0n) is 8.71. The van der Waals surface area contributed by atoms with Gasteiger partial charge in [0, 0.05) is 31.0 Å². The highest BCUT2D eigenvalue weighted by Gasteiger charge is 2.28. The van der Waals surface area contributed by atoms with Crippen molar-refractivity contribution in [2.45, 2.75) is 19.1 Å². The molecule has 1 aliphatic rings. The Labute approximate surface area is 92.1 Å². The first kappa shape index (κ1) is 10.6. The van der Waals surface area contributed by atoms with Crippen LogP contribution in [0.25, 0.3) is 5.76 Å². The molecule has 0 saturated heterocycles. The molecule has 1 heterocycles. The number of nitro benzene ring substituents is 1. The van der Waals surface area contributed by atoms with Crippen molar-refractivity contribution in [1.29, 1.82) is 0 Å². The first-order valence-electron chi connectivity index (χ1n) is 4.84. The van der Waals surface area contributed by atoms with Crippen molar-refractivity contribution in [2.75, 3.05) is 0 Å². The van der Waals surface area contributed by atoms with Gasteiger partial charge in [-0.25, -0.2) is 0 Å². The van der Waals surface area contributed by atoms with Crippen LogP contribution in [0.4, 0.5) is 5.69 Å². The van der Waals surface area contributed by atoms with Crippen LogP contribution in [0.15, 0.2) is 30.3 Å². The van der Waals surface area contributed by atoms with Gasteiger partial charge in [-0.2, -0.15) is 0 Å². The van der Waals surface area contributed by atoms with Gasteiger partial charge in [0.1, 0.15) is 5.76 Å². The fourth-order valence-corrected chi connectivity index (χ4v) is 1.53. The standard InChI is InChI=1S/C11H11NO4/c1-11(13)7-6-10(16-11)8-2-4-9(5-3-8)12(14)15/h2-6,13H,7H2,1H3. The summed E-state index contributed by atoms with van der Waals surface area (Å²) in [7, 11) is 0. The Kier molecular flexibility index (Phi) is 2.40. The quantitative estimate of drug-likeness (QED) is 0.612. The summed E-state index contributed by atoms with van der Waals surface area (Å²) in [6, 6.07) is 6.02. The van der Waals surface area contributed by atoms with Crippen molar-refractivity contribution in [3.05, 3.63) is 46.0 Å². The topological polar surface area (TPSA) is 72.6 Å². The van der Waals surface area contributed by atoms with E-state index in [1.165, 1.54) is 12.1 Å². The van der Waals surface area contributed by atoms with Gasteiger partial charge in [-0.05, 0) is 18.2 Å². The maximum atomic E-state index is 10.5. The lowest BCUT2D eigenvalue weighted by Crippen LogP contribution is -2.21. The Balaban J connectivity index is 2.21. The third-order valence-corrected chi connectivity index (χ3v) is 2.36. The van der Waals surface area contributed by atoms with Crippen molar-refractivity contribution >= 4 is 11.4 Å². The van der Waals surface area contributed by atoms with E-state index in [1.807, 2.05) is 0 Å². The molecule has 1 atom stereocenters. The SMILES string of the molecule is CC1(O)CC=C(c2ccc([N+](=O)[O-])cc2)O1. The predicted octanol–water partition coefficient (Wildman–Crippen LogP) is 2.06. The molecular formula is C11H11NO4. The molecule has 1 aromatic rings. The number of nitro groups is 1. The van der Waals surface area contributed by atoms with Crippen molar-refractivity contribution < 1.29 is 14.8 Å². The lowest BCUT2D eigenvalue weighted by Gasteiger charge is -2.18. The molecule has 1 N–H and O–H groups in total. The number of nitrogens with zero attached hydrogens (tertiary/aromatic N) is 1. The fraction of sp³-hybridized carbons (Fsp3) is 0.273. The van der Waals surface area contributed by atoms with E-state index in [0.29, 0.717) is 12.2 Å². The molecule has 5 heteroatoms. The maximum absolute atomic E-state index is 10.5. The number of hydrogen-bond acceptors (Lipinski definition) is 4. The third-order valence-electron chi connectivity index (χ3n) is 2.36. The molecule has 0 bridgehead atoms. The van der Waals surface area contributed by atoms with Gasteiger partial charge < -0.3 is 9.84 Å². The number of rotatable bonds is 2. The van der Waals surface area contributed by atoms with E-state index < -0.39 is 10.7 Å². The summed E-state index contributed by atoms with van der Waals surface area (Å²) >= 11 is 0. The lowest BCUT2D eigenvalue weighted by atomic mass is 10.1. The van der Waals surface area contributed by atoms with E-state index >= 15 is 0 Å². The number of non-ortho nitro benzene ring substituents is 1. The maximum Gasteiger partial charge on any atom is 0.269 e. The van der Waals surface area contributed by atoms with Crippen LogP contribution in [0.1, 0.15) is 18.9 Å². The van der Waals surface area contributed by atoms with E-state index in [2.05, 4.69) is 0 Å². The summed E-state index contributed by atoms with van der Waals surface area (Å²) in [5.41, 5.74) is 0.762. The molecular weight excluding hydrogens is 210 g/mol. The summed E-state index contributed by atoms with van der Waals surface area (Å²) in [6.07, 6.45) is 2.18. The Morgan fingerprint density at radius 3 is 2.50 bits per heavy atom. The second-order valence-electron chi connectivity index (χ2n) is 3.85. The monoisotopic (exact) mass is 221 g/mol. The Bertz CT molecular complexity index is 448. The summed E-state index contributed by atoms with van der Waals surface area (Å²) in [6.45, 7) is 1.57. The molecule has 0 aromatic heterocycles. The molecule has 1 unspecified atom stereocenters. The van der Waals surface area contributed by atoms with E-state index in [9.17, 15) is 15.2 Å². The lowest BCUT2D eigenvalue weighted by molar-refractivity contribution is -0.384. The predicted molar refractivity (Wildman–Crippen MR) is 57.4 cm³/mol. The highest BCUT2D eigenvalue weighted by atomic mass is 16.6. The van der Waals surface area contributed by atoms with Crippen LogP contribution in [-0.4, -0.2) is 15.8 Å². The van der Waals surface area contributed by atoms with Gasteiger partial charge in [0.2, 0.25) is 5.79 Å². The highest BCUT2D eigenvalue weighted by molar-refractivity contribution is 5.62. The zero-order valence-corrected chi connectivity index (χ0v) is 8.71. The summed E-state index contributed by atoms with van der Waals surface area (Å²) in [5, 5.41) is 20.0. The second-order valence-corrected chi connectivity index (χ2v) is 3.85. The van der Waals surface area contributed by atoms with Crippen LogP contribution >= 0.6 is 0 Å². The minimum atomic E-state index is -1.17. The van der Waals surface area contributed by atoms with Crippen LogP contribution < -0.4 is 0 Å². The van der Waals surface area contributed by atoms with Crippen LogP contribution in [-0.2, 0) is 4.74 Å². The molecule has 0 saturated carbocycles. The summed E-state index contributed by atoms with van der Waals surface area (Å²) in [4.78, 5) is 10.0. The first-order valence-corrected chi connectivity index (χ1v) is 4.84. The first-order chi connectivity index (χ1) is 7.48. The minimum Gasteiger partial charge on any atom is -0.462 e. The van der Waals surface area contributed by atoms with Crippen LogP contribution in [0.3, 0.4) is 0 Å². The number of aliphatic hydroxyl groups is 1. The molecule has 16 heavy (non-hydrogen) atoms. The molecule has 84 valence electrons. The Morgan fingerprint density at radius 2 is 2.06 bits per heavy atom. The number of hydrogen-bond donors (Lipinski definition) is 1. The van der Waals surface area contributed by atoms with Crippen molar-refractivity contribution in [3.8, 4) is 0 Å². The van der Waals surface area contributed by atoms with E-state index in [-0.39, 0.29) is 5.69 Å². The molecule has 0 radical (unpaired) electrons.